The summed E-state index contributed by atoms with van der Waals surface area (Å²) in [5, 5.41) is 14.6. The second-order valence-electron chi connectivity index (χ2n) is 5.51. The Hall–Kier alpha value is -2.11. The van der Waals surface area contributed by atoms with Gasteiger partial charge in [-0.1, -0.05) is 13.8 Å². The Morgan fingerprint density at radius 2 is 2.15 bits per heavy atom. The van der Waals surface area contributed by atoms with E-state index in [0.29, 0.717) is 17.3 Å². The van der Waals surface area contributed by atoms with E-state index >= 15 is 0 Å². The van der Waals surface area contributed by atoms with E-state index in [-0.39, 0.29) is 5.56 Å². The van der Waals surface area contributed by atoms with Gasteiger partial charge in [-0.15, -0.1) is 0 Å². The zero-order chi connectivity index (χ0) is 15.0. The van der Waals surface area contributed by atoms with Crippen molar-refractivity contribution in [3.8, 4) is 0 Å². The number of pyridine rings is 1. The number of anilines is 1. The van der Waals surface area contributed by atoms with Crippen LogP contribution in [0.25, 0.3) is 11.0 Å². The molecule has 6 heteroatoms. The molecule has 2 rings (SSSR count). The number of carboxylic acids is 1. The fraction of sp³-hybridized carbons (Fsp3) is 0.500. The number of fused-ring (bicyclic) bond motifs is 1. The van der Waals surface area contributed by atoms with Gasteiger partial charge in [0, 0.05) is 26.8 Å². The largest absolute Gasteiger partial charge is 0.478 e. The minimum Gasteiger partial charge on any atom is -0.478 e. The van der Waals surface area contributed by atoms with E-state index < -0.39 is 5.97 Å². The van der Waals surface area contributed by atoms with E-state index in [9.17, 15) is 9.90 Å². The van der Waals surface area contributed by atoms with Crippen LogP contribution < -0.4 is 4.90 Å². The van der Waals surface area contributed by atoms with Crippen LogP contribution in [-0.4, -0.2) is 39.4 Å². The van der Waals surface area contributed by atoms with Crippen LogP contribution in [0.2, 0.25) is 0 Å². The number of hydrogen-bond acceptors (Lipinski definition) is 4. The summed E-state index contributed by atoms with van der Waals surface area (Å²) in [5.74, 6) is -0.532. The second-order valence-corrected chi connectivity index (χ2v) is 5.51. The quantitative estimate of drug-likeness (QED) is 0.925. The molecule has 0 amide bonds. The third kappa shape index (κ3) is 2.33. The third-order valence-corrected chi connectivity index (χ3v) is 3.25. The highest BCUT2D eigenvalue weighted by molar-refractivity contribution is 6.04. The number of nitrogens with zero attached hydrogens (tertiary/aromatic N) is 4. The van der Waals surface area contributed by atoms with E-state index in [2.05, 4.69) is 23.9 Å². The van der Waals surface area contributed by atoms with Crippen LogP contribution in [0, 0.1) is 12.8 Å². The van der Waals surface area contributed by atoms with Crippen molar-refractivity contribution in [1.82, 2.24) is 14.8 Å². The van der Waals surface area contributed by atoms with E-state index in [1.165, 1.54) is 6.20 Å². The Bertz CT molecular complexity index is 661. The van der Waals surface area contributed by atoms with Gasteiger partial charge in [-0.25, -0.2) is 9.78 Å². The lowest BCUT2D eigenvalue weighted by atomic mass is 10.1. The smallest absolute Gasteiger partial charge is 0.339 e. The van der Waals surface area contributed by atoms with Gasteiger partial charge in [0.2, 0.25) is 0 Å². The van der Waals surface area contributed by atoms with Gasteiger partial charge < -0.3 is 10.0 Å². The molecule has 108 valence electrons. The Kier molecular flexibility index (Phi) is 3.65. The minimum absolute atomic E-state index is 0.219. The van der Waals surface area contributed by atoms with Crippen LogP contribution in [0.4, 0.5) is 5.69 Å². The molecule has 0 aliphatic carbocycles. The zero-order valence-electron chi connectivity index (χ0n) is 12.5. The fourth-order valence-electron chi connectivity index (χ4n) is 2.58. The summed E-state index contributed by atoms with van der Waals surface area (Å²) in [6.07, 6.45) is 1.41. The molecule has 1 N–H and O–H groups in total. The first-order chi connectivity index (χ1) is 9.32. The molecular formula is C14H20N4O2. The first-order valence-corrected chi connectivity index (χ1v) is 6.59. The molecule has 0 aliphatic heterocycles. The van der Waals surface area contributed by atoms with Crippen molar-refractivity contribution >= 4 is 22.7 Å². The maximum atomic E-state index is 11.5. The molecule has 0 saturated carbocycles. The van der Waals surface area contributed by atoms with Gasteiger partial charge in [-0.3, -0.25) is 4.68 Å². The highest BCUT2D eigenvalue weighted by Crippen LogP contribution is 2.31. The summed E-state index contributed by atoms with van der Waals surface area (Å²) in [5.41, 5.74) is 2.42. The number of carbonyl (C=O) groups is 1. The minimum atomic E-state index is -0.965. The van der Waals surface area contributed by atoms with Gasteiger partial charge >= 0.3 is 5.97 Å². The predicted molar refractivity (Wildman–Crippen MR) is 78.3 cm³/mol. The van der Waals surface area contributed by atoms with Gasteiger partial charge in [-0.05, 0) is 12.8 Å². The number of carboxylic acid groups (broad SMARTS) is 1. The predicted octanol–water partition coefficient (Wildman–Crippen LogP) is 2.07. The molecule has 0 saturated heterocycles. The van der Waals surface area contributed by atoms with Crippen LogP contribution in [0.3, 0.4) is 0 Å². The summed E-state index contributed by atoms with van der Waals surface area (Å²) in [6.45, 7) is 6.85. The van der Waals surface area contributed by atoms with Crippen LogP contribution in [0.15, 0.2) is 6.20 Å². The average Bonchev–Trinajstić information content (AvgIpc) is 2.63. The number of rotatable bonds is 4. The Labute approximate surface area is 118 Å². The molecule has 0 bridgehead atoms. The molecule has 6 nitrogen and oxygen atoms in total. The van der Waals surface area contributed by atoms with Gasteiger partial charge in [0.25, 0.3) is 0 Å². The number of aromatic nitrogens is 3. The van der Waals surface area contributed by atoms with Gasteiger partial charge in [-0.2, -0.15) is 5.10 Å². The van der Waals surface area contributed by atoms with E-state index in [0.717, 1.165) is 17.6 Å². The number of hydrogen-bond donors (Lipinski definition) is 1. The fourth-order valence-corrected chi connectivity index (χ4v) is 2.58. The molecule has 0 aliphatic rings. The van der Waals surface area contributed by atoms with E-state index in [1.54, 1.807) is 4.68 Å². The molecular weight excluding hydrogens is 256 g/mol. The first-order valence-electron chi connectivity index (χ1n) is 6.59. The molecule has 20 heavy (non-hydrogen) atoms. The Morgan fingerprint density at radius 1 is 1.50 bits per heavy atom. The standard InChI is InChI=1S/C14H20N4O2/c1-8(2)7-17(4)12-10(14(19)20)6-15-13-11(12)9(3)16-18(13)5/h6,8H,7H2,1-5H3,(H,19,20). The molecule has 0 fully saturated rings. The molecule has 0 spiro atoms. The molecule has 2 aromatic heterocycles. The maximum absolute atomic E-state index is 11.5. The van der Waals surface area contributed by atoms with Crippen molar-refractivity contribution in [3.63, 3.8) is 0 Å². The molecule has 0 unspecified atom stereocenters. The summed E-state index contributed by atoms with van der Waals surface area (Å²) < 4.78 is 1.68. The second kappa shape index (κ2) is 5.11. The highest BCUT2D eigenvalue weighted by Gasteiger charge is 2.22. The Morgan fingerprint density at radius 3 is 2.70 bits per heavy atom. The molecule has 0 atom stereocenters. The molecule has 2 heterocycles. The number of aryl methyl sites for hydroxylation is 2. The monoisotopic (exact) mass is 276 g/mol. The van der Waals surface area contributed by atoms with Gasteiger partial charge in [0.05, 0.1) is 16.8 Å². The highest BCUT2D eigenvalue weighted by atomic mass is 16.4. The SMILES string of the molecule is Cc1nn(C)c2ncc(C(=O)O)c(N(C)CC(C)C)c12. The molecule has 0 aromatic carbocycles. The first kappa shape index (κ1) is 14.3. The van der Waals surface area contributed by atoms with Crippen LogP contribution >= 0.6 is 0 Å². The summed E-state index contributed by atoms with van der Waals surface area (Å²) in [4.78, 5) is 17.7. The van der Waals surface area contributed by atoms with Crippen LogP contribution in [0.5, 0.6) is 0 Å². The lowest BCUT2D eigenvalue weighted by molar-refractivity contribution is 0.0697. The average molecular weight is 276 g/mol. The van der Waals surface area contributed by atoms with Gasteiger partial charge in [0.1, 0.15) is 5.56 Å². The lowest BCUT2D eigenvalue weighted by Crippen LogP contribution is -2.25. The van der Waals surface area contributed by atoms with Crippen molar-refractivity contribution in [2.75, 3.05) is 18.5 Å². The topological polar surface area (TPSA) is 71.2 Å². The molecule has 2 aromatic rings. The molecule has 0 radical (unpaired) electrons. The lowest BCUT2D eigenvalue weighted by Gasteiger charge is -2.24. The van der Waals surface area contributed by atoms with Crippen molar-refractivity contribution < 1.29 is 9.90 Å². The number of aromatic carboxylic acids is 1. The third-order valence-electron chi connectivity index (χ3n) is 3.25. The van der Waals surface area contributed by atoms with E-state index in [4.69, 9.17) is 0 Å². The zero-order valence-corrected chi connectivity index (χ0v) is 12.5. The van der Waals surface area contributed by atoms with Gasteiger partial charge in [0.15, 0.2) is 5.65 Å². The summed E-state index contributed by atoms with van der Waals surface area (Å²) in [6, 6.07) is 0. The van der Waals surface area contributed by atoms with Crippen molar-refractivity contribution in [3.05, 3.63) is 17.5 Å². The van der Waals surface area contributed by atoms with Crippen molar-refractivity contribution in [2.24, 2.45) is 13.0 Å². The summed E-state index contributed by atoms with van der Waals surface area (Å²) >= 11 is 0. The van der Waals surface area contributed by atoms with Crippen LogP contribution in [0.1, 0.15) is 29.9 Å². The van der Waals surface area contributed by atoms with Crippen molar-refractivity contribution in [2.45, 2.75) is 20.8 Å². The Balaban J connectivity index is 2.74. The van der Waals surface area contributed by atoms with Crippen molar-refractivity contribution in [1.29, 1.82) is 0 Å². The van der Waals surface area contributed by atoms with Crippen LogP contribution in [-0.2, 0) is 7.05 Å². The summed E-state index contributed by atoms with van der Waals surface area (Å²) in [7, 11) is 3.72. The maximum Gasteiger partial charge on any atom is 0.339 e. The van der Waals surface area contributed by atoms with E-state index in [1.807, 2.05) is 25.9 Å². The normalized spacial score (nSPS) is 11.3.